The molecule has 1 N–H and O–H groups in total. The largest absolute Gasteiger partial charge is 0.321 e. The summed E-state index contributed by atoms with van der Waals surface area (Å²) in [6, 6.07) is 10.7. The van der Waals surface area contributed by atoms with Crippen molar-refractivity contribution in [2.24, 2.45) is 5.92 Å². The van der Waals surface area contributed by atoms with Crippen LogP contribution >= 0.6 is 11.3 Å². The minimum absolute atomic E-state index is 0.104. The van der Waals surface area contributed by atoms with Crippen molar-refractivity contribution in [1.82, 2.24) is 0 Å². The van der Waals surface area contributed by atoms with Crippen molar-refractivity contribution in [1.29, 1.82) is 0 Å². The van der Waals surface area contributed by atoms with Crippen LogP contribution in [0.3, 0.4) is 0 Å². The van der Waals surface area contributed by atoms with Crippen LogP contribution in [0.15, 0.2) is 41.8 Å². The Kier molecular flexibility index (Phi) is 4.69. The molecule has 0 unspecified atom stereocenters. The zero-order valence-electron chi connectivity index (χ0n) is 11.6. The quantitative estimate of drug-likeness (QED) is 0.836. The van der Waals surface area contributed by atoms with E-state index in [-0.39, 0.29) is 11.7 Å². The predicted octanol–water partition coefficient (Wildman–Crippen LogP) is 4.23. The second-order valence-corrected chi connectivity index (χ2v) is 5.98. The molecular formula is C16H17NO2S. The van der Waals surface area contributed by atoms with Gasteiger partial charge in [-0.2, -0.15) is 0 Å². The molecule has 0 aliphatic carbocycles. The zero-order chi connectivity index (χ0) is 14.5. The number of nitrogens with one attached hydrogen (secondary N) is 1. The maximum absolute atomic E-state index is 12.0. The topological polar surface area (TPSA) is 46.2 Å². The highest BCUT2D eigenvalue weighted by Crippen LogP contribution is 2.17. The average Bonchev–Trinajstić information content (AvgIpc) is 2.92. The van der Waals surface area contributed by atoms with Crippen LogP contribution in [-0.4, -0.2) is 11.7 Å². The number of ketones is 1. The second kappa shape index (κ2) is 6.48. The predicted molar refractivity (Wildman–Crippen MR) is 82.5 cm³/mol. The third-order valence-electron chi connectivity index (χ3n) is 2.78. The molecule has 0 atom stereocenters. The highest BCUT2D eigenvalue weighted by Gasteiger charge is 2.11. The van der Waals surface area contributed by atoms with Crippen LogP contribution in [0.2, 0.25) is 0 Å². The maximum atomic E-state index is 12.0. The first kappa shape index (κ1) is 14.5. The van der Waals surface area contributed by atoms with E-state index in [0.717, 1.165) is 0 Å². The van der Waals surface area contributed by atoms with Crippen molar-refractivity contribution in [3.05, 3.63) is 52.2 Å². The van der Waals surface area contributed by atoms with E-state index in [1.807, 2.05) is 25.3 Å². The Balaban J connectivity index is 2.10. The standard InChI is InChI=1S/C16H17NO2S/c1-11(2)9-14(18)12-5-3-6-13(10-12)17-16(19)15-7-4-8-20-15/h3-8,10-11H,9H2,1-2H3,(H,17,19). The monoisotopic (exact) mass is 287 g/mol. The van der Waals surface area contributed by atoms with E-state index in [4.69, 9.17) is 0 Å². The van der Waals surface area contributed by atoms with Crippen LogP contribution in [0.4, 0.5) is 5.69 Å². The average molecular weight is 287 g/mol. The molecule has 3 nitrogen and oxygen atoms in total. The minimum atomic E-state index is -0.145. The Morgan fingerprint density at radius 2 is 2.00 bits per heavy atom. The van der Waals surface area contributed by atoms with Crippen LogP contribution in [0.5, 0.6) is 0 Å². The molecule has 0 spiro atoms. The smallest absolute Gasteiger partial charge is 0.265 e. The van der Waals surface area contributed by atoms with Crippen LogP contribution in [0, 0.1) is 5.92 Å². The highest BCUT2D eigenvalue weighted by molar-refractivity contribution is 7.12. The van der Waals surface area contributed by atoms with Gasteiger partial charge < -0.3 is 5.32 Å². The van der Waals surface area contributed by atoms with Crippen molar-refractivity contribution in [3.8, 4) is 0 Å². The lowest BCUT2D eigenvalue weighted by Gasteiger charge is -2.07. The van der Waals surface area contributed by atoms with Gasteiger partial charge in [0.05, 0.1) is 4.88 Å². The Morgan fingerprint density at radius 3 is 2.65 bits per heavy atom. The fourth-order valence-electron chi connectivity index (χ4n) is 1.86. The van der Waals surface area contributed by atoms with Crippen molar-refractivity contribution in [3.63, 3.8) is 0 Å². The third-order valence-corrected chi connectivity index (χ3v) is 3.65. The highest BCUT2D eigenvalue weighted by atomic mass is 32.1. The second-order valence-electron chi connectivity index (χ2n) is 5.03. The molecule has 0 radical (unpaired) electrons. The van der Waals surface area contributed by atoms with E-state index in [1.54, 1.807) is 30.3 Å². The summed E-state index contributed by atoms with van der Waals surface area (Å²) in [6.07, 6.45) is 0.516. The van der Waals surface area contributed by atoms with Crippen molar-refractivity contribution < 1.29 is 9.59 Å². The van der Waals surface area contributed by atoms with Crippen LogP contribution in [-0.2, 0) is 0 Å². The first-order chi connectivity index (χ1) is 9.56. The summed E-state index contributed by atoms with van der Waals surface area (Å²) < 4.78 is 0. The number of thiophene rings is 1. The van der Waals surface area contributed by atoms with Gasteiger partial charge in [0.1, 0.15) is 0 Å². The summed E-state index contributed by atoms with van der Waals surface area (Å²) in [5.41, 5.74) is 1.29. The number of rotatable bonds is 5. The number of carbonyl (C=O) groups is 2. The van der Waals surface area contributed by atoms with Gasteiger partial charge in [-0.1, -0.05) is 32.0 Å². The Hall–Kier alpha value is -1.94. The van der Waals surface area contributed by atoms with E-state index >= 15 is 0 Å². The molecule has 0 fully saturated rings. The summed E-state index contributed by atoms with van der Waals surface area (Å²) in [5.74, 6) is 0.285. The van der Waals surface area contributed by atoms with Gasteiger partial charge in [0.25, 0.3) is 5.91 Å². The first-order valence-electron chi connectivity index (χ1n) is 6.54. The number of carbonyl (C=O) groups excluding carboxylic acids is 2. The normalized spacial score (nSPS) is 10.6. The van der Waals surface area contributed by atoms with E-state index in [9.17, 15) is 9.59 Å². The van der Waals surface area contributed by atoms with Crippen molar-refractivity contribution in [2.45, 2.75) is 20.3 Å². The zero-order valence-corrected chi connectivity index (χ0v) is 12.4. The number of anilines is 1. The van der Waals surface area contributed by atoms with E-state index < -0.39 is 0 Å². The Morgan fingerprint density at radius 1 is 1.20 bits per heavy atom. The summed E-state index contributed by atoms with van der Waals surface area (Å²) in [6.45, 7) is 4.03. The number of benzene rings is 1. The van der Waals surface area contributed by atoms with Crippen molar-refractivity contribution >= 4 is 28.7 Å². The SMILES string of the molecule is CC(C)CC(=O)c1cccc(NC(=O)c2cccs2)c1. The minimum Gasteiger partial charge on any atom is -0.321 e. The van der Waals surface area contributed by atoms with Crippen LogP contribution < -0.4 is 5.32 Å². The lowest BCUT2D eigenvalue weighted by molar-refractivity contribution is 0.0966. The number of hydrogen-bond acceptors (Lipinski definition) is 3. The fraction of sp³-hybridized carbons (Fsp3) is 0.250. The van der Waals surface area contributed by atoms with Gasteiger partial charge >= 0.3 is 0 Å². The molecule has 2 rings (SSSR count). The van der Waals surface area contributed by atoms with E-state index in [0.29, 0.717) is 28.5 Å². The fourth-order valence-corrected chi connectivity index (χ4v) is 2.48. The summed E-state index contributed by atoms with van der Waals surface area (Å²) in [5, 5.41) is 4.67. The van der Waals surface area contributed by atoms with Gasteiger partial charge in [0, 0.05) is 17.7 Å². The molecule has 4 heteroatoms. The molecule has 104 valence electrons. The molecule has 1 aromatic heterocycles. The van der Waals surface area contributed by atoms with Gasteiger partial charge in [0.2, 0.25) is 0 Å². The number of Topliss-reactive ketones (excluding diaryl/α,β-unsaturated/α-hetero) is 1. The molecule has 0 aliphatic rings. The first-order valence-corrected chi connectivity index (χ1v) is 7.42. The third kappa shape index (κ3) is 3.78. The Labute approximate surface area is 122 Å². The van der Waals surface area contributed by atoms with Gasteiger partial charge in [-0.3, -0.25) is 9.59 Å². The van der Waals surface area contributed by atoms with Crippen LogP contribution in [0.1, 0.15) is 40.3 Å². The maximum Gasteiger partial charge on any atom is 0.265 e. The molecule has 0 bridgehead atoms. The van der Waals surface area contributed by atoms with Gasteiger partial charge in [-0.15, -0.1) is 11.3 Å². The molecular weight excluding hydrogens is 270 g/mol. The Bertz CT molecular complexity index is 603. The summed E-state index contributed by atoms with van der Waals surface area (Å²) >= 11 is 1.39. The number of amides is 1. The molecule has 20 heavy (non-hydrogen) atoms. The molecule has 0 aliphatic heterocycles. The van der Waals surface area contributed by atoms with Gasteiger partial charge in [-0.25, -0.2) is 0 Å². The van der Waals surface area contributed by atoms with E-state index in [2.05, 4.69) is 5.32 Å². The van der Waals surface area contributed by atoms with E-state index in [1.165, 1.54) is 11.3 Å². The summed E-state index contributed by atoms with van der Waals surface area (Å²) in [4.78, 5) is 24.6. The van der Waals surface area contributed by atoms with Gasteiger partial charge in [0.15, 0.2) is 5.78 Å². The lowest BCUT2D eigenvalue weighted by Crippen LogP contribution is -2.11. The lowest BCUT2D eigenvalue weighted by atomic mass is 10.0. The summed E-state index contributed by atoms with van der Waals surface area (Å²) in [7, 11) is 0. The number of hydrogen-bond donors (Lipinski definition) is 1. The van der Waals surface area contributed by atoms with Crippen molar-refractivity contribution in [2.75, 3.05) is 5.32 Å². The molecule has 0 saturated heterocycles. The van der Waals surface area contributed by atoms with Crippen LogP contribution in [0.25, 0.3) is 0 Å². The molecule has 1 heterocycles. The molecule has 1 aromatic carbocycles. The molecule has 0 saturated carbocycles. The molecule has 2 aromatic rings. The van der Waals surface area contributed by atoms with Gasteiger partial charge in [-0.05, 0) is 29.5 Å². The molecule has 1 amide bonds.